The molecule has 7 heteroatoms. The lowest BCUT2D eigenvalue weighted by Gasteiger charge is -2.37. The fourth-order valence-corrected chi connectivity index (χ4v) is 5.13. The van der Waals surface area contributed by atoms with Gasteiger partial charge in [-0.05, 0) is 60.7 Å². The summed E-state index contributed by atoms with van der Waals surface area (Å²) < 4.78 is 13.4. The highest BCUT2D eigenvalue weighted by molar-refractivity contribution is 5.96. The maximum atomic E-state index is 13.4. The van der Waals surface area contributed by atoms with Crippen molar-refractivity contribution >= 4 is 22.3 Å². The zero-order valence-electron chi connectivity index (χ0n) is 18.4. The number of pyridine rings is 1. The Hall–Kier alpha value is -2.90. The quantitative estimate of drug-likeness (QED) is 0.586. The number of benzene rings is 2. The molecule has 2 aromatic carbocycles. The summed E-state index contributed by atoms with van der Waals surface area (Å²) in [6.45, 7) is 7.02. The number of aromatic amines is 1. The van der Waals surface area contributed by atoms with Crippen LogP contribution in [-0.2, 0) is 19.6 Å². The van der Waals surface area contributed by atoms with Gasteiger partial charge in [0.15, 0.2) is 0 Å². The monoisotopic (exact) mass is 436 g/mol. The number of fused-ring (bicyclic) bond motifs is 3. The lowest BCUT2D eigenvalue weighted by atomic mass is 9.96. The molecule has 3 heterocycles. The number of hydrogen-bond donors (Lipinski definition) is 3. The first-order valence-corrected chi connectivity index (χ1v) is 11.3. The highest BCUT2D eigenvalue weighted by Gasteiger charge is 2.21. The van der Waals surface area contributed by atoms with Crippen LogP contribution in [0.4, 0.5) is 15.8 Å². The van der Waals surface area contributed by atoms with Crippen LogP contribution in [0.25, 0.3) is 10.9 Å². The summed E-state index contributed by atoms with van der Waals surface area (Å²) in [6.07, 6.45) is 1.70. The number of halogens is 1. The predicted octanol–water partition coefficient (Wildman–Crippen LogP) is 3.15. The lowest BCUT2D eigenvalue weighted by Crippen LogP contribution is -2.46. The first kappa shape index (κ1) is 21.0. The summed E-state index contributed by atoms with van der Waals surface area (Å²) >= 11 is 0. The van der Waals surface area contributed by atoms with Crippen LogP contribution in [0, 0.1) is 12.7 Å². The Morgan fingerprint density at radius 3 is 2.69 bits per heavy atom. The predicted molar refractivity (Wildman–Crippen MR) is 126 cm³/mol. The molecule has 1 saturated heterocycles. The molecule has 3 N–H and O–H groups in total. The van der Waals surface area contributed by atoms with Crippen molar-refractivity contribution in [2.75, 3.05) is 42.9 Å². The van der Waals surface area contributed by atoms with Crippen LogP contribution >= 0.6 is 0 Å². The first-order valence-electron chi connectivity index (χ1n) is 11.3. The van der Waals surface area contributed by atoms with Crippen LogP contribution in [0.15, 0.2) is 35.1 Å². The van der Waals surface area contributed by atoms with E-state index in [0.717, 1.165) is 96.6 Å². The molecular weight excluding hydrogens is 407 g/mol. The van der Waals surface area contributed by atoms with Crippen LogP contribution in [0.5, 0.6) is 0 Å². The van der Waals surface area contributed by atoms with E-state index in [9.17, 15) is 14.3 Å². The van der Waals surface area contributed by atoms with Gasteiger partial charge in [0.2, 0.25) is 0 Å². The van der Waals surface area contributed by atoms with Crippen LogP contribution < -0.4 is 15.8 Å². The highest BCUT2D eigenvalue weighted by atomic mass is 19.1. The normalized spacial score (nSPS) is 16.8. The number of piperazine rings is 1. The molecule has 168 valence electrons. The Morgan fingerprint density at radius 1 is 1.12 bits per heavy atom. The smallest absolute Gasteiger partial charge is 0.253 e. The second-order valence-corrected chi connectivity index (χ2v) is 8.87. The molecule has 1 fully saturated rings. The van der Waals surface area contributed by atoms with E-state index >= 15 is 0 Å². The topological polar surface area (TPSA) is 71.6 Å². The molecule has 0 atom stereocenters. The van der Waals surface area contributed by atoms with Gasteiger partial charge in [-0.2, -0.15) is 0 Å². The summed E-state index contributed by atoms with van der Waals surface area (Å²) in [5.41, 5.74) is 6.40. The summed E-state index contributed by atoms with van der Waals surface area (Å²) in [7, 11) is 0. The molecule has 2 aliphatic heterocycles. The third-order valence-electron chi connectivity index (χ3n) is 6.71. The van der Waals surface area contributed by atoms with Gasteiger partial charge in [0.05, 0.1) is 17.8 Å². The van der Waals surface area contributed by atoms with Crippen molar-refractivity contribution in [2.45, 2.75) is 32.9 Å². The minimum Gasteiger partial charge on any atom is -0.392 e. The number of aromatic nitrogens is 1. The molecule has 5 rings (SSSR count). The minimum absolute atomic E-state index is 0.0379. The van der Waals surface area contributed by atoms with Gasteiger partial charge >= 0.3 is 0 Å². The molecule has 0 bridgehead atoms. The Morgan fingerprint density at radius 2 is 1.94 bits per heavy atom. The zero-order valence-corrected chi connectivity index (χ0v) is 18.4. The van der Waals surface area contributed by atoms with Gasteiger partial charge < -0.3 is 20.3 Å². The van der Waals surface area contributed by atoms with Crippen molar-refractivity contribution in [1.29, 1.82) is 0 Å². The highest BCUT2D eigenvalue weighted by Crippen LogP contribution is 2.32. The summed E-state index contributed by atoms with van der Waals surface area (Å²) in [6, 6.07) is 9.08. The van der Waals surface area contributed by atoms with Crippen molar-refractivity contribution in [3.63, 3.8) is 0 Å². The zero-order chi connectivity index (χ0) is 22.2. The van der Waals surface area contributed by atoms with E-state index < -0.39 is 0 Å². The van der Waals surface area contributed by atoms with Gasteiger partial charge in [-0.3, -0.25) is 9.69 Å². The second kappa shape index (κ2) is 8.56. The Kier molecular flexibility index (Phi) is 5.61. The van der Waals surface area contributed by atoms with Gasteiger partial charge in [0.25, 0.3) is 5.56 Å². The van der Waals surface area contributed by atoms with Crippen LogP contribution in [-0.4, -0.2) is 47.7 Å². The minimum atomic E-state index is -0.199. The molecule has 1 aromatic heterocycles. The van der Waals surface area contributed by atoms with Crippen molar-refractivity contribution in [3.8, 4) is 0 Å². The van der Waals surface area contributed by atoms with Gasteiger partial charge in [0, 0.05) is 55.9 Å². The molecule has 32 heavy (non-hydrogen) atoms. The fourth-order valence-electron chi connectivity index (χ4n) is 5.13. The van der Waals surface area contributed by atoms with Crippen molar-refractivity contribution < 1.29 is 9.50 Å². The van der Waals surface area contributed by atoms with Gasteiger partial charge in [-0.1, -0.05) is 6.07 Å². The summed E-state index contributed by atoms with van der Waals surface area (Å²) in [5, 5.41) is 14.4. The van der Waals surface area contributed by atoms with Gasteiger partial charge in [-0.25, -0.2) is 4.39 Å². The van der Waals surface area contributed by atoms with E-state index in [0.29, 0.717) is 0 Å². The number of hydrogen-bond acceptors (Lipinski definition) is 5. The SMILES string of the molecule is Cc1cc(F)ccc1N1CCN(Cc2cc(CO)c3c4c(c(=O)[nH]c3c2)CCCN4)CC1. The standard InChI is InChI=1S/C25H29FN4O2/c1-16-11-19(26)4-5-22(16)30-9-7-29(8-10-30)14-17-12-18(15-31)23-21(13-17)28-25(32)20-3-2-6-27-24(20)23/h4-5,11-13,27,31H,2-3,6-10,14-15H2,1H3,(H,28,32). The molecule has 0 spiro atoms. The molecule has 0 radical (unpaired) electrons. The van der Waals surface area contributed by atoms with E-state index in [1.807, 2.05) is 19.1 Å². The molecule has 3 aromatic rings. The van der Waals surface area contributed by atoms with E-state index in [4.69, 9.17) is 0 Å². The number of rotatable bonds is 4. The maximum Gasteiger partial charge on any atom is 0.253 e. The van der Waals surface area contributed by atoms with E-state index in [2.05, 4.69) is 26.2 Å². The van der Waals surface area contributed by atoms with Crippen molar-refractivity contribution in [2.24, 2.45) is 0 Å². The molecule has 0 aliphatic carbocycles. The number of aliphatic hydroxyl groups excluding tert-OH is 1. The van der Waals surface area contributed by atoms with E-state index in [1.54, 1.807) is 6.07 Å². The maximum absolute atomic E-state index is 13.4. The Bertz CT molecular complexity index is 1210. The average Bonchev–Trinajstić information content (AvgIpc) is 2.79. The lowest BCUT2D eigenvalue weighted by molar-refractivity contribution is 0.249. The number of aryl methyl sites for hydroxylation is 1. The number of anilines is 2. The summed E-state index contributed by atoms with van der Waals surface area (Å²) in [4.78, 5) is 20.3. The van der Waals surface area contributed by atoms with Crippen molar-refractivity contribution in [1.82, 2.24) is 9.88 Å². The Labute approximate surface area is 186 Å². The van der Waals surface area contributed by atoms with Gasteiger partial charge in [-0.15, -0.1) is 0 Å². The average molecular weight is 437 g/mol. The summed E-state index contributed by atoms with van der Waals surface area (Å²) in [5.74, 6) is -0.199. The third kappa shape index (κ3) is 3.87. The van der Waals surface area contributed by atoms with E-state index in [1.165, 1.54) is 6.07 Å². The van der Waals surface area contributed by atoms with Crippen LogP contribution in [0.3, 0.4) is 0 Å². The number of aliphatic hydroxyl groups is 1. The van der Waals surface area contributed by atoms with Crippen LogP contribution in [0.1, 0.15) is 28.7 Å². The third-order valence-corrected chi connectivity index (χ3v) is 6.71. The van der Waals surface area contributed by atoms with Crippen molar-refractivity contribution in [3.05, 3.63) is 68.8 Å². The second-order valence-electron chi connectivity index (χ2n) is 8.87. The van der Waals surface area contributed by atoms with Crippen LogP contribution in [0.2, 0.25) is 0 Å². The van der Waals surface area contributed by atoms with Gasteiger partial charge in [0.1, 0.15) is 5.82 Å². The van der Waals surface area contributed by atoms with E-state index in [-0.39, 0.29) is 18.0 Å². The molecular formula is C25H29FN4O2. The Balaban J connectivity index is 1.36. The fraction of sp³-hybridized carbons (Fsp3) is 0.400. The number of nitrogens with zero attached hydrogens (tertiary/aromatic N) is 2. The molecule has 0 saturated carbocycles. The molecule has 0 amide bonds. The number of H-pyrrole nitrogens is 1. The molecule has 0 unspecified atom stereocenters. The largest absolute Gasteiger partial charge is 0.392 e. The molecule has 6 nitrogen and oxygen atoms in total. The molecule has 2 aliphatic rings. The first-order chi connectivity index (χ1) is 15.5. The number of nitrogens with one attached hydrogen (secondary N) is 2.